The predicted molar refractivity (Wildman–Crippen MR) is 142 cm³/mol. The summed E-state index contributed by atoms with van der Waals surface area (Å²) in [5.41, 5.74) is 2.47. The molecule has 3 rings (SSSR count). The normalized spacial score (nSPS) is 10.2. The molecule has 0 unspecified atom stereocenters. The molecular weight excluding hydrogens is 531 g/mol. The molecule has 0 aliphatic rings. The van der Waals surface area contributed by atoms with Crippen LogP contribution in [0, 0.1) is 6.92 Å². The van der Waals surface area contributed by atoms with Gasteiger partial charge in [-0.1, -0.05) is 24.3 Å². The number of hydrogen-bond acceptors (Lipinski definition) is 5. The average Bonchev–Trinajstić information content (AvgIpc) is 3.15. The van der Waals surface area contributed by atoms with Gasteiger partial charge in [-0.15, -0.1) is 34.2 Å². The molecule has 0 spiro atoms. The van der Waals surface area contributed by atoms with Crippen molar-refractivity contribution in [2.24, 2.45) is 12.0 Å². The highest BCUT2D eigenvalue weighted by molar-refractivity contribution is 14.0. The van der Waals surface area contributed by atoms with Crippen LogP contribution in [0.5, 0.6) is 11.5 Å². The summed E-state index contributed by atoms with van der Waals surface area (Å²) in [7, 11) is 5.30. The zero-order valence-corrected chi connectivity index (χ0v) is 22.0. The van der Waals surface area contributed by atoms with E-state index in [9.17, 15) is 0 Å². The second kappa shape index (κ2) is 13.7. The number of nitrogens with zero attached hydrogens (tertiary/aromatic N) is 4. The summed E-state index contributed by atoms with van der Waals surface area (Å²) in [6, 6.07) is 16.2. The molecule has 33 heavy (non-hydrogen) atoms. The quantitative estimate of drug-likeness (QED) is 0.224. The van der Waals surface area contributed by atoms with Crippen molar-refractivity contribution in [1.29, 1.82) is 0 Å². The molecule has 0 radical (unpaired) electrons. The fourth-order valence-corrected chi connectivity index (χ4v) is 3.15. The van der Waals surface area contributed by atoms with E-state index in [2.05, 4.69) is 45.1 Å². The molecule has 0 saturated carbocycles. The van der Waals surface area contributed by atoms with Crippen LogP contribution in [0.4, 0.5) is 0 Å². The van der Waals surface area contributed by atoms with E-state index in [1.165, 1.54) is 11.1 Å². The van der Waals surface area contributed by atoms with Gasteiger partial charge in [0.15, 0.2) is 11.8 Å². The molecule has 3 aromatic rings. The molecule has 0 atom stereocenters. The third-order valence-electron chi connectivity index (χ3n) is 5.29. The number of halogens is 1. The van der Waals surface area contributed by atoms with Gasteiger partial charge >= 0.3 is 0 Å². The zero-order chi connectivity index (χ0) is 22.8. The number of benzene rings is 2. The van der Waals surface area contributed by atoms with Gasteiger partial charge in [-0.05, 0) is 55.2 Å². The van der Waals surface area contributed by atoms with Gasteiger partial charge in [0.25, 0.3) is 0 Å². The fourth-order valence-electron chi connectivity index (χ4n) is 3.15. The maximum absolute atomic E-state index is 5.23. The number of rotatable bonds is 10. The first kappa shape index (κ1) is 26.4. The Morgan fingerprint density at radius 2 is 1.33 bits per heavy atom. The van der Waals surface area contributed by atoms with Crippen LogP contribution in [-0.4, -0.2) is 48.0 Å². The van der Waals surface area contributed by atoms with Gasteiger partial charge in [0.2, 0.25) is 0 Å². The molecule has 8 nitrogen and oxygen atoms in total. The molecule has 1 aromatic heterocycles. The van der Waals surface area contributed by atoms with E-state index in [0.717, 1.165) is 55.0 Å². The predicted octanol–water partition coefficient (Wildman–Crippen LogP) is 3.28. The van der Waals surface area contributed by atoms with Gasteiger partial charge in [-0.25, -0.2) is 4.99 Å². The fraction of sp³-hybridized carbons (Fsp3) is 0.375. The molecule has 2 N–H and O–H groups in total. The standard InChI is InChI=1S/C24H32N6O2.HI/c1-18-28-29-23(30(18)2)17-27-24(25-15-13-19-5-9-21(31-3)10-6-19)26-16-14-20-7-11-22(32-4)12-8-20;/h5-12H,13-17H2,1-4H3,(H2,25,26,27);1H. The number of ether oxygens (including phenoxy) is 2. The summed E-state index contributed by atoms with van der Waals surface area (Å²) in [6.45, 7) is 3.91. The summed E-state index contributed by atoms with van der Waals surface area (Å²) in [6.07, 6.45) is 1.76. The highest BCUT2D eigenvalue weighted by atomic mass is 127. The van der Waals surface area contributed by atoms with Gasteiger partial charge in [0.05, 0.1) is 14.2 Å². The molecule has 0 amide bonds. The van der Waals surface area contributed by atoms with Crippen molar-refractivity contribution >= 4 is 29.9 Å². The van der Waals surface area contributed by atoms with Crippen molar-refractivity contribution in [2.75, 3.05) is 27.3 Å². The van der Waals surface area contributed by atoms with E-state index in [1.807, 2.05) is 42.8 Å². The van der Waals surface area contributed by atoms with Crippen LogP contribution < -0.4 is 20.1 Å². The molecule has 9 heteroatoms. The maximum atomic E-state index is 5.23. The van der Waals surface area contributed by atoms with Crippen LogP contribution in [-0.2, 0) is 26.4 Å². The minimum Gasteiger partial charge on any atom is -0.497 e. The Morgan fingerprint density at radius 1 is 0.848 bits per heavy atom. The summed E-state index contributed by atoms with van der Waals surface area (Å²) >= 11 is 0. The second-order valence-corrected chi connectivity index (χ2v) is 7.44. The molecule has 0 aliphatic heterocycles. The van der Waals surface area contributed by atoms with Crippen LogP contribution in [0.1, 0.15) is 22.8 Å². The Hall–Kier alpha value is -2.82. The van der Waals surface area contributed by atoms with E-state index < -0.39 is 0 Å². The average molecular weight is 564 g/mol. The second-order valence-electron chi connectivity index (χ2n) is 7.44. The minimum absolute atomic E-state index is 0. The van der Waals surface area contributed by atoms with E-state index >= 15 is 0 Å². The molecular formula is C24H33IN6O2. The largest absolute Gasteiger partial charge is 0.497 e. The van der Waals surface area contributed by atoms with Gasteiger partial charge in [-0.2, -0.15) is 0 Å². The lowest BCUT2D eigenvalue weighted by molar-refractivity contribution is 0.414. The molecule has 1 heterocycles. The molecule has 0 fully saturated rings. The van der Waals surface area contributed by atoms with E-state index in [1.54, 1.807) is 14.2 Å². The number of methoxy groups -OCH3 is 2. The lowest BCUT2D eigenvalue weighted by Gasteiger charge is -2.13. The van der Waals surface area contributed by atoms with E-state index in [0.29, 0.717) is 6.54 Å². The van der Waals surface area contributed by atoms with E-state index in [-0.39, 0.29) is 24.0 Å². The minimum atomic E-state index is 0. The molecule has 178 valence electrons. The number of aromatic nitrogens is 3. The Balaban J connectivity index is 0.00000385. The monoisotopic (exact) mass is 564 g/mol. The molecule has 0 saturated heterocycles. The molecule has 2 aromatic carbocycles. The van der Waals surface area contributed by atoms with Gasteiger partial charge in [-0.3, -0.25) is 0 Å². The number of hydrogen-bond donors (Lipinski definition) is 2. The van der Waals surface area contributed by atoms with Crippen molar-refractivity contribution in [3.05, 3.63) is 71.3 Å². The van der Waals surface area contributed by atoms with Gasteiger partial charge < -0.3 is 24.7 Å². The summed E-state index contributed by atoms with van der Waals surface area (Å²) in [4.78, 5) is 4.72. The first-order chi connectivity index (χ1) is 15.6. The van der Waals surface area contributed by atoms with Crippen molar-refractivity contribution in [1.82, 2.24) is 25.4 Å². The van der Waals surface area contributed by atoms with Crippen molar-refractivity contribution in [3.8, 4) is 11.5 Å². The SMILES string of the molecule is COc1ccc(CCNC(=NCc2nnc(C)n2C)NCCc2ccc(OC)cc2)cc1.I. The number of nitrogens with one attached hydrogen (secondary N) is 2. The smallest absolute Gasteiger partial charge is 0.191 e. The Labute approximate surface area is 212 Å². The lowest BCUT2D eigenvalue weighted by atomic mass is 10.1. The number of guanidine groups is 1. The highest BCUT2D eigenvalue weighted by Gasteiger charge is 2.06. The van der Waals surface area contributed by atoms with Gasteiger partial charge in [0.1, 0.15) is 23.9 Å². The summed E-state index contributed by atoms with van der Waals surface area (Å²) in [5, 5.41) is 15.2. The molecule has 0 aliphatic carbocycles. The van der Waals surface area contributed by atoms with Gasteiger partial charge in [0, 0.05) is 20.1 Å². The Kier molecular flexibility index (Phi) is 10.9. The zero-order valence-electron chi connectivity index (χ0n) is 19.7. The van der Waals surface area contributed by atoms with Crippen LogP contribution >= 0.6 is 24.0 Å². The summed E-state index contributed by atoms with van der Waals surface area (Å²) in [5.74, 6) is 4.18. The Bertz CT molecular complexity index is 947. The molecule has 0 bridgehead atoms. The first-order valence-corrected chi connectivity index (χ1v) is 10.7. The highest BCUT2D eigenvalue weighted by Crippen LogP contribution is 2.12. The van der Waals surface area contributed by atoms with Crippen LogP contribution in [0.2, 0.25) is 0 Å². The topological polar surface area (TPSA) is 85.6 Å². The van der Waals surface area contributed by atoms with Crippen LogP contribution in [0.25, 0.3) is 0 Å². The van der Waals surface area contributed by atoms with Crippen LogP contribution in [0.3, 0.4) is 0 Å². The first-order valence-electron chi connectivity index (χ1n) is 10.7. The van der Waals surface area contributed by atoms with Crippen molar-refractivity contribution in [2.45, 2.75) is 26.3 Å². The van der Waals surface area contributed by atoms with Crippen molar-refractivity contribution < 1.29 is 9.47 Å². The number of aliphatic imine (C=N–C) groups is 1. The third kappa shape index (κ3) is 8.23. The Morgan fingerprint density at radius 3 is 1.73 bits per heavy atom. The van der Waals surface area contributed by atoms with Crippen LogP contribution in [0.15, 0.2) is 53.5 Å². The summed E-state index contributed by atoms with van der Waals surface area (Å²) < 4.78 is 12.4. The van der Waals surface area contributed by atoms with Crippen molar-refractivity contribution in [3.63, 3.8) is 0 Å². The maximum Gasteiger partial charge on any atom is 0.191 e. The third-order valence-corrected chi connectivity index (χ3v) is 5.29. The van der Waals surface area contributed by atoms with E-state index in [4.69, 9.17) is 14.5 Å². The number of aryl methyl sites for hydroxylation is 1. The lowest BCUT2D eigenvalue weighted by Crippen LogP contribution is -2.39.